The zero-order chi connectivity index (χ0) is 12.3. The lowest BCUT2D eigenvalue weighted by molar-refractivity contribution is 0.138. The number of thiazole rings is 1. The zero-order valence-corrected chi connectivity index (χ0v) is 10.3. The third-order valence-corrected chi connectivity index (χ3v) is 3.44. The SMILES string of the molecule is CC#C[C@H]1CN(C(=O)O)CCN1c1nccs1. The van der Waals surface area contributed by atoms with Crippen LogP contribution < -0.4 is 4.90 Å². The van der Waals surface area contributed by atoms with Gasteiger partial charge in [0.15, 0.2) is 5.13 Å². The van der Waals surface area contributed by atoms with Crippen LogP contribution in [0, 0.1) is 11.8 Å². The van der Waals surface area contributed by atoms with Crippen LogP contribution in [0.4, 0.5) is 9.93 Å². The van der Waals surface area contributed by atoms with Gasteiger partial charge in [0.25, 0.3) is 0 Å². The molecule has 0 spiro atoms. The Kier molecular flexibility index (Phi) is 3.49. The van der Waals surface area contributed by atoms with Crippen molar-refractivity contribution in [2.75, 3.05) is 24.5 Å². The number of aromatic nitrogens is 1. The summed E-state index contributed by atoms with van der Waals surface area (Å²) >= 11 is 1.55. The monoisotopic (exact) mass is 251 g/mol. The third-order valence-electron chi connectivity index (χ3n) is 2.63. The maximum Gasteiger partial charge on any atom is 0.407 e. The van der Waals surface area contributed by atoms with Crippen LogP contribution in [0.1, 0.15) is 6.92 Å². The number of piperazine rings is 1. The van der Waals surface area contributed by atoms with E-state index in [1.54, 1.807) is 24.5 Å². The Bertz CT molecular complexity index is 449. The van der Waals surface area contributed by atoms with E-state index in [1.165, 1.54) is 4.90 Å². The zero-order valence-electron chi connectivity index (χ0n) is 9.46. The number of amides is 1. The Morgan fingerprint density at radius 1 is 1.65 bits per heavy atom. The molecule has 1 amide bonds. The van der Waals surface area contributed by atoms with E-state index in [1.807, 2.05) is 5.38 Å². The molecular formula is C11H13N3O2S. The fourth-order valence-corrected chi connectivity index (χ4v) is 2.55. The quantitative estimate of drug-likeness (QED) is 0.765. The molecule has 1 aliphatic rings. The standard InChI is InChI=1S/C11H13N3O2S/c1-2-3-9-8-13(11(15)16)5-6-14(9)10-12-4-7-17-10/h4,7,9H,5-6,8H2,1H3,(H,15,16)/t9-/m0/s1. The van der Waals surface area contributed by atoms with Gasteiger partial charge >= 0.3 is 6.09 Å². The molecule has 1 atom stereocenters. The van der Waals surface area contributed by atoms with Crippen LogP contribution in [0.2, 0.25) is 0 Å². The van der Waals surface area contributed by atoms with Gasteiger partial charge < -0.3 is 14.9 Å². The summed E-state index contributed by atoms with van der Waals surface area (Å²) in [5.74, 6) is 5.90. The van der Waals surface area contributed by atoms with Crippen molar-refractivity contribution in [3.63, 3.8) is 0 Å². The molecule has 1 aromatic heterocycles. The van der Waals surface area contributed by atoms with E-state index >= 15 is 0 Å². The predicted octanol–water partition coefficient (Wildman–Crippen LogP) is 1.33. The first kappa shape index (κ1) is 11.7. The van der Waals surface area contributed by atoms with E-state index in [2.05, 4.69) is 21.7 Å². The van der Waals surface area contributed by atoms with Crippen molar-refractivity contribution in [1.82, 2.24) is 9.88 Å². The number of rotatable bonds is 1. The third kappa shape index (κ3) is 2.50. The normalized spacial score (nSPS) is 19.7. The predicted molar refractivity (Wildman–Crippen MR) is 66.3 cm³/mol. The summed E-state index contributed by atoms with van der Waals surface area (Å²) in [7, 11) is 0. The molecule has 2 heterocycles. The van der Waals surface area contributed by atoms with E-state index in [-0.39, 0.29) is 6.04 Å². The Balaban J connectivity index is 2.17. The van der Waals surface area contributed by atoms with Crippen LogP contribution in [0.25, 0.3) is 0 Å². The van der Waals surface area contributed by atoms with E-state index in [0.29, 0.717) is 19.6 Å². The van der Waals surface area contributed by atoms with Crippen molar-refractivity contribution in [2.24, 2.45) is 0 Å². The number of anilines is 1. The summed E-state index contributed by atoms with van der Waals surface area (Å²) in [4.78, 5) is 18.7. The molecule has 17 heavy (non-hydrogen) atoms. The largest absolute Gasteiger partial charge is 0.465 e. The maximum atomic E-state index is 10.9. The molecule has 0 aliphatic carbocycles. The molecule has 2 rings (SSSR count). The molecule has 0 saturated carbocycles. The Morgan fingerprint density at radius 2 is 2.47 bits per heavy atom. The van der Waals surface area contributed by atoms with Crippen molar-refractivity contribution in [1.29, 1.82) is 0 Å². The molecule has 1 fully saturated rings. The van der Waals surface area contributed by atoms with E-state index in [9.17, 15) is 4.79 Å². The minimum atomic E-state index is -0.883. The average Bonchev–Trinajstić information content (AvgIpc) is 2.82. The van der Waals surface area contributed by atoms with Crippen LogP contribution in [-0.2, 0) is 0 Å². The van der Waals surface area contributed by atoms with Crippen molar-refractivity contribution in [2.45, 2.75) is 13.0 Å². The summed E-state index contributed by atoms with van der Waals surface area (Å²) in [6.45, 7) is 3.31. The van der Waals surface area contributed by atoms with Crippen LogP contribution >= 0.6 is 11.3 Å². The fraction of sp³-hybridized carbons (Fsp3) is 0.455. The van der Waals surface area contributed by atoms with Gasteiger partial charge in [-0.25, -0.2) is 9.78 Å². The number of carbonyl (C=O) groups is 1. The summed E-state index contributed by atoms with van der Waals surface area (Å²) < 4.78 is 0. The molecule has 1 aromatic rings. The topological polar surface area (TPSA) is 56.7 Å². The van der Waals surface area contributed by atoms with Gasteiger partial charge in [0.05, 0.1) is 6.54 Å². The minimum absolute atomic E-state index is 0.101. The number of carboxylic acid groups (broad SMARTS) is 1. The molecule has 0 radical (unpaired) electrons. The van der Waals surface area contributed by atoms with Gasteiger partial charge in [0.1, 0.15) is 6.04 Å². The highest BCUT2D eigenvalue weighted by molar-refractivity contribution is 7.13. The summed E-state index contributed by atoms with van der Waals surface area (Å²) in [5, 5.41) is 11.8. The van der Waals surface area contributed by atoms with Gasteiger partial charge in [-0.2, -0.15) is 0 Å². The Labute approximate surface area is 104 Å². The van der Waals surface area contributed by atoms with Gasteiger partial charge in [0, 0.05) is 24.7 Å². The lowest BCUT2D eigenvalue weighted by Gasteiger charge is -2.37. The van der Waals surface area contributed by atoms with Gasteiger partial charge in [0.2, 0.25) is 0 Å². The molecule has 0 bridgehead atoms. The summed E-state index contributed by atoms with van der Waals surface area (Å²) in [6, 6.07) is -0.101. The lowest BCUT2D eigenvalue weighted by Crippen LogP contribution is -2.54. The average molecular weight is 251 g/mol. The summed E-state index contributed by atoms with van der Waals surface area (Å²) in [6.07, 6.45) is 0.867. The van der Waals surface area contributed by atoms with Crippen LogP contribution in [0.5, 0.6) is 0 Å². The van der Waals surface area contributed by atoms with Crippen molar-refractivity contribution in [3.05, 3.63) is 11.6 Å². The number of hydrogen-bond acceptors (Lipinski definition) is 4. The molecule has 0 aromatic carbocycles. The van der Waals surface area contributed by atoms with Gasteiger partial charge in [-0.3, -0.25) is 0 Å². The first-order valence-corrected chi connectivity index (χ1v) is 6.16. The van der Waals surface area contributed by atoms with Crippen LogP contribution in [0.15, 0.2) is 11.6 Å². The van der Waals surface area contributed by atoms with E-state index in [4.69, 9.17) is 5.11 Å². The van der Waals surface area contributed by atoms with Crippen molar-refractivity contribution >= 4 is 22.6 Å². The summed E-state index contributed by atoms with van der Waals surface area (Å²) in [5.41, 5.74) is 0. The molecule has 1 aliphatic heterocycles. The van der Waals surface area contributed by atoms with Gasteiger partial charge in [-0.15, -0.1) is 17.3 Å². The molecule has 1 N–H and O–H groups in total. The second-order valence-corrected chi connectivity index (χ2v) is 4.52. The molecular weight excluding hydrogens is 238 g/mol. The molecule has 5 nitrogen and oxygen atoms in total. The van der Waals surface area contributed by atoms with Crippen molar-refractivity contribution in [3.8, 4) is 11.8 Å². The van der Waals surface area contributed by atoms with Gasteiger partial charge in [-0.1, -0.05) is 5.92 Å². The first-order chi connectivity index (χ1) is 8.22. The van der Waals surface area contributed by atoms with E-state index in [0.717, 1.165) is 5.13 Å². The second kappa shape index (κ2) is 5.06. The fourth-order valence-electron chi connectivity index (χ4n) is 1.83. The Morgan fingerprint density at radius 3 is 3.06 bits per heavy atom. The second-order valence-electron chi connectivity index (χ2n) is 3.65. The van der Waals surface area contributed by atoms with Crippen molar-refractivity contribution < 1.29 is 9.90 Å². The highest BCUT2D eigenvalue weighted by atomic mass is 32.1. The Hall–Kier alpha value is -1.74. The number of nitrogens with zero attached hydrogens (tertiary/aromatic N) is 3. The smallest absolute Gasteiger partial charge is 0.407 e. The van der Waals surface area contributed by atoms with Crippen LogP contribution in [-0.4, -0.2) is 46.8 Å². The first-order valence-electron chi connectivity index (χ1n) is 5.28. The highest BCUT2D eigenvalue weighted by Gasteiger charge is 2.29. The molecule has 6 heteroatoms. The maximum absolute atomic E-state index is 10.9. The molecule has 1 saturated heterocycles. The highest BCUT2D eigenvalue weighted by Crippen LogP contribution is 2.22. The molecule has 90 valence electrons. The lowest BCUT2D eigenvalue weighted by atomic mass is 10.2. The minimum Gasteiger partial charge on any atom is -0.465 e. The van der Waals surface area contributed by atoms with E-state index < -0.39 is 6.09 Å². The molecule has 0 unspecified atom stereocenters. The van der Waals surface area contributed by atoms with Gasteiger partial charge in [-0.05, 0) is 6.92 Å². The van der Waals surface area contributed by atoms with Crippen LogP contribution in [0.3, 0.4) is 0 Å². The number of hydrogen-bond donors (Lipinski definition) is 1.